The van der Waals surface area contributed by atoms with E-state index in [4.69, 9.17) is 4.42 Å². The molecule has 0 aliphatic rings. The molecular weight excluding hydrogens is 439 g/mol. The summed E-state index contributed by atoms with van der Waals surface area (Å²) in [5, 5.41) is 9.43. The van der Waals surface area contributed by atoms with Gasteiger partial charge >= 0.3 is 0 Å². The Balaban J connectivity index is 1.52. The van der Waals surface area contributed by atoms with Gasteiger partial charge in [0.05, 0.1) is 24.1 Å². The van der Waals surface area contributed by atoms with Crippen LogP contribution in [0.25, 0.3) is 11.4 Å². The Bertz CT molecular complexity index is 1220. The standard InChI is InChI=1S/C25H25FN4O2S/c1-3-29(15-20-10-7-11-21(26)14-20)23(31)17-33-25-28-27-24(22-12-13-32-18(22)2)30(25)16-19-8-5-4-6-9-19/h4-14H,3,15-17H2,1-2H3. The second-order valence-corrected chi connectivity index (χ2v) is 8.54. The van der Waals surface area contributed by atoms with Crippen LogP contribution < -0.4 is 0 Å². The topological polar surface area (TPSA) is 64.2 Å². The smallest absolute Gasteiger partial charge is 0.233 e. The predicted molar refractivity (Wildman–Crippen MR) is 126 cm³/mol. The molecule has 0 spiro atoms. The molecule has 0 fully saturated rings. The highest BCUT2D eigenvalue weighted by Gasteiger charge is 2.20. The van der Waals surface area contributed by atoms with E-state index in [1.807, 2.05) is 60.9 Å². The van der Waals surface area contributed by atoms with Crippen molar-refractivity contribution in [3.05, 3.63) is 89.6 Å². The van der Waals surface area contributed by atoms with Crippen molar-refractivity contribution in [1.29, 1.82) is 0 Å². The summed E-state index contributed by atoms with van der Waals surface area (Å²) < 4.78 is 21.0. The van der Waals surface area contributed by atoms with Crippen LogP contribution in [0.2, 0.25) is 0 Å². The van der Waals surface area contributed by atoms with Crippen molar-refractivity contribution in [2.45, 2.75) is 32.1 Å². The van der Waals surface area contributed by atoms with E-state index in [9.17, 15) is 9.18 Å². The molecule has 0 atom stereocenters. The van der Waals surface area contributed by atoms with Crippen molar-refractivity contribution < 1.29 is 13.6 Å². The molecule has 170 valence electrons. The van der Waals surface area contributed by atoms with E-state index in [0.717, 1.165) is 22.5 Å². The van der Waals surface area contributed by atoms with Crippen LogP contribution in [0.1, 0.15) is 23.8 Å². The summed E-state index contributed by atoms with van der Waals surface area (Å²) in [7, 11) is 0. The first-order chi connectivity index (χ1) is 16.0. The average molecular weight is 465 g/mol. The first kappa shape index (κ1) is 22.8. The lowest BCUT2D eigenvalue weighted by Gasteiger charge is -2.21. The fourth-order valence-corrected chi connectivity index (χ4v) is 4.41. The number of halogens is 1. The second kappa shape index (κ2) is 10.5. The second-order valence-electron chi connectivity index (χ2n) is 7.59. The quantitative estimate of drug-likeness (QED) is 0.320. The SMILES string of the molecule is CCN(Cc1cccc(F)c1)C(=O)CSc1nnc(-c2ccoc2C)n1Cc1ccccc1. The van der Waals surface area contributed by atoms with E-state index in [2.05, 4.69) is 10.2 Å². The number of aromatic nitrogens is 3. The van der Waals surface area contributed by atoms with Gasteiger partial charge in [-0.15, -0.1) is 10.2 Å². The third kappa shape index (κ3) is 5.51. The van der Waals surface area contributed by atoms with Gasteiger partial charge in [-0.1, -0.05) is 54.2 Å². The Labute approximate surface area is 196 Å². The summed E-state index contributed by atoms with van der Waals surface area (Å²) in [6.07, 6.45) is 1.63. The number of amides is 1. The summed E-state index contributed by atoms with van der Waals surface area (Å²) in [5.41, 5.74) is 2.74. The van der Waals surface area contributed by atoms with Crippen LogP contribution in [0.4, 0.5) is 4.39 Å². The highest BCUT2D eigenvalue weighted by atomic mass is 32.2. The monoisotopic (exact) mass is 464 g/mol. The van der Waals surface area contributed by atoms with E-state index >= 15 is 0 Å². The van der Waals surface area contributed by atoms with Crippen molar-refractivity contribution in [1.82, 2.24) is 19.7 Å². The molecule has 0 aliphatic heterocycles. The third-order valence-electron chi connectivity index (χ3n) is 5.32. The molecule has 0 bridgehead atoms. The Hall–Kier alpha value is -3.39. The lowest BCUT2D eigenvalue weighted by Crippen LogP contribution is -2.31. The largest absolute Gasteiger partial charge is 0.469 e. The maximum absolute atomic E-state index is 13.5. The van der Waals surface area contributed by atoms with Crippen molar-refractivity contribution in [3.8, 4) is 11.4 Å². The normalized spacial score (nSPS) is 11.0. The van der Waals surface area contributed by atoms with Crippen LogP contribution in [0.5, 0.6) is 0 Å². The number of nitrogens with zero attached hydrogens (tertiary/aromatic N) is 4. The molecule has 2 aromatic heterocycles. The number of rotatable bonds is 9. The zero-order chi connectivity index (χ0) is 23.2. The van der Waals surface area contributed by atoms with Gasteiger partial charge < -0.3 is 9.32 Å². The summed E-state index contributed by atoms with van der Waals surface area (Å²) in [4.78, 5) is 14.6. The van der Waals surface area contributed by atoms with Crippen molar-refractivity contribution in [2.75, 3.05) is 12.3 Å². The number of carbonyl (C=O) groups is 1. The summed E-state index contributed by atoms with van der Waals surface area (Å²) in [6.45, 7) is 5.28. The number of furan rings is 1. The van der Waals surface area contributed by atoms with Gasteiger partial charge in [-0.05, 0) is 43.2 Å². The van der Waals surface area contributed by atoms with E-state index in [0.29, 0.717) is 30.6 Å². The van der Waals surface area contributed by atoms with Gasteiger partial charge in [0.2, 0.25) is 5.91 Å². The number of hydrogen-bond donors (Lipinski definition) is 0. The maximum Gasteiger partial charge on any atom is 0.233 e. The summed E-state index contributed by atoms with van der Waals surface area (Å²) in [6, 6.07) is 18.3. The first-order valence-corrected chi connectivity index (χ1v) is 11.7. The lowest BCUT2D eigenvalue weighted by molar-refractivity contribution is -0.128. The van der Waals surface area contributed by atoms with Gasteiger partial charge in [0.25, 0.3) is 0 Å². The van der Waals surface area contributed by atoms with Crippen LogP contribution >= 0.6 is 11.8 Å². The zero-order valence-corrected chi connectivity index (χ0v) is 19.4. The fraction of sp³-hybridized carbons (Fsp3) is 0.240. The van der Waals surface area contributed by atoms with Gasteiger partial charge in [-0.2, -0.15) is 0 Å². The average Bonchev–Trinajstić information content (AvgIpc) is 3.42. The molecule has 2 aromatic carbocycles. The minimum atomic E-state index is -0.304. The van der Waals surface area contributed by atoms with E-state index in [1.165, 1.54) is 23.9 Å². The van der Waals surface area contributed by atoms with Crippen molar-refractivity contribution in [3.63, 3.8) is 0 Å². The van der Waals surface area contributed by atoms with Crippen molar-refractivity contribution >= 4 is 17.7 Å². The predicted octanol–water partition coefficient (Wildman–Crippen LogP) is 5.17. The third-order valence-corrected chi connectivity index (χ3v) is 6.27. The van der Waals surface area contributed by atoms with Crippen LogP contribution in [-0.4, -0.2) is 37.9 Å². The van der Waals surface area contributed by atoms with Gasteiger partial charge in [-0.25, -0.2) is 4.39 Å². The number of carbonyl (C=O) groups excluding carboxylic acids is 1. The van der Waals surface area contributed by atoms with Gasteiger partial charge in [0.15, 0.2) is 11.0 Å². The van der Waals surface area contributed by atoms with E-state index in [-0.39, 0.29) is 17.5 Å². The fourth-order valence-electron chi connectivity index (χ4n) is 3.57. The van der Waals surface area contributed by atoms with E-state index < -0.39 is 0 Å². The zero-order valence-electron chi connectivity index (χ0n) is 18.6. The maximum atomic E-state index is 13.5. The minimum Gasteiger partial charge on any atom is -0.469 e. The molecule has 1 amide bonds. The molecule has 0 aliphatic carbocycles. The Morgan fingerprint density at radius 3 is 2.58 bits per heavy atom. The van der Waals surface area contributed by atoms with Gasteiger partial charge in [0.1, 0.15) is 11.6 Å². The molecule has 0 radical (unpaired) electrons. The molecule has 33 heavy (non-hydrogen) atoms. The molecule has 4 aromatic rings. The molecule has 6 nitrogen and oxygen atoms in total. The summed E-state index contributed by atoms with van der Waals surface area (Å²) >= 11 is 1.35. The Morgan fingerprint density at radius 2 is 1.88 bits per heavy atom. The summed E-state index contributed by atoms with van der Waals surface area (Å²) in [5.74, 6) is 1.33. The Morgan fingerprint density at radius 1 is 1.09 bits per heavy atom. The number of thioether (sulfide) groups is 1. The highest BCUT2D eigenvalue weighted by Crippen LogP contribution is 2.28. The minimum absolute atomic E-state index is 0.0398. The van der Waals surface area contributed by atoms with Gasteiger partial charge in [-0.3, -0.25) is 9.36 Å². The molecule has 4 rings (SSSR count). The highest BCUT2D eigenvalue weighted by molar-refractivity contribution is 7.99. The molecule has 2 heterocycles. The van der Waals surface area contributed by atoms with Crippen LogP contribution in [-0.2, 0) is 17.9 Å². The van der Waals surface area contributed by atoms with Crippen LogP contribution in [0.3, 0.4) is 0 Å². The number of benzene rings is 2. The van der Waals surface area contributed by atoms with Crippen LogP contribution in [0.15, 0.2) is 76.5 Å². The molecule has 0 saturated heterocycles. The number of aryl methyl sites for hydroxylation is 1. The Kier molecular flexibility index (Phi) is 7.24. The molecule has 8 heteroatoms. The lowest BCUT2D eigenvalue weighted by atomic mass is 10.2. The van der Waals surface area contributed by atoms with Crippen molar-refractivity contribution in [2.24, 2.45) is 0 Å². The molecule has 0 N–H and O–H groups in total. The van der Waals surface area contributed by atoms with E-state index in [1.54, 1.807) is 17.2 Å². The van der Waals surface area contributed by atoms with Crippen LogP contribution in [0, 0.1) is 12.7 Å². The van der Waals surface area contributed by atoms with Gasteiger partial charge in [0, 0.05) is 13.1 Å². The number of hydrogen-bond acceptors (Lipinski definition) is 5. The first-order valence-electron chi connectivity index (χ1n) is 10.7. The molecular formula is C25H25FN4O2S. The molecule has 0 unspecified atom stereocenters. The molecule has 0 saturated carbocycles.